The highest BCUT2D eigenvalue weighted by Crippen LogP contribution is 2.09. The molecule has 0 saturated carbocycles. The summed E-state index contributed by atoms with van der Waals surface area (Å²) < 4.78 is 0. The summed E-state index contributed by atoms with van der Waals surface area (Å²) in [5.41, 5.74) is 12.6. The molecule has 0 heterocycles. The normalized spacial score (nSPS) is 26.1. The zero-order chi connectivity index (χ0) is 6.85. The first-order chi connectivity index (χ1) is 4.22. The molecule has 0 amide bonds. The van der Waals surface area contributed by atoms with E-state index in [0.29, 0.717) is 5.70 Å². The number of rotatable bonds is 0. The van der Waals surface area contributed by atoms with Gasteiger partial charge in [0.1, 0.15) is 0 Å². The van der Waals surface area contributed by atoms with Gasteiger partial charge in [0.15, 0.2) is 0 Å². The second-order valence-corrected chi connectivity index (χ2v) is 2.08. The Hall–Kier alpha value is -1.02. The topological polar surface area (TPSA) is 52.0 Å². The Bertz CT molecular complexity index is 189. The maximum absolute atomic E-state index is 5.58. The largest absolute Gasteiger partial charge is 0.400 e. The van der Waals surface area contributed by atoms with Crippen LogP contribution >= 0.6 is 0 Å². The summed E-state index contributed by atoms with van der Waals surface area (Å²) in [6.45, 7) is 3.71. The summed E-state index contributed by atoms with van der Waals surface area (Å²) in [6.07, 6.45) is 5.50. The van der Waals surface area contributed by atoms with Gasteiger partial charge in [0.05, 0.1) is 6.04 Å². The third-order valence-corrected chi connectivity index (χ3v) is 1.36. The molecule has 4 N–H and O–H groups in total. The van der Waals surface area contributed by atoms with Crippen LogP contribution in [0.25, 0.3) is 0 Å². The average Bonchev–Trinajstić information content (AvgIpc) is 1.83. The van der Waals surface area contributed by atoms with Crippen molar-refractivity contribution >= 4 is 0 Å². The first-order valence-electron chi connectivity index (χ1n) is 2.80. The third kappa shape index (κ3) is 1.03. The van der Waals surface area contributed by atoms with Gasteiger partial charge in [-0.05, 0) is 11.6 Å². The van der Waals surface area contributed by atoms with Crippen LogP contribution in [-0.2, 0) is 0 Å². The summed E-state index contributed by atoms with van der Waals surface area (Å²) in [6, 6.07) is -0.171. The predicted octanol–water partition coefficient (Wildman–Crippen LogP) is 0.282. The lowest BCUT2D eigenvalue weighted by Gasteiger charge is -2.14. The Morgan fingerprint density at radius 1 is 1.56 bits per heavy atom. The van der Waals surface area contributed by atoms with E-state index in [0.717, 1.165) is 5.57 Å². The molecule has 1 atom stereocenters. The minimum atomic E-state index is -0.171. The van der Waals surface area contributed by atoms with Gasteiger partial charge < -0.3 is 11.5 Å². The lowest BCUT2D eigenvalue weighted by atomic mass is 10.0. The Balaban J connectivity index is 2.86. The van der Waals surface area contributed by atoms with Gasteiger partial charge in [0.25, 0.3) is 0 Å². The minimum absolute atomic E-state index is 0.171. The summed E-state index contributed by atoms with van der Waals surface area (Å²) in [4.78, 5) is 0. The first-order valence-corrected chi connectivity index (χ1v) is 2.80. The predicted molar refractivity (Wildman–Crippen MR) is 38.5 cm³/mol. The van der Waals surface area contributed by atoms with Gasteiger partial charge in [-0.1, -0.05) is 18.7 Å². The van der Waals surface area contributed by atoms with Crippen LogP contribution in [-0.4, -0.2) is 6.04 Å². The van der Waals surface area contributed by atoms with Crippen molar-refractivity contribution < 1.29 is 0 Å². The molecule has 0 radical (unpaired) electrons. The van der Waals surface area contributed by atoms with Crippen LogP contribution in [0.3, 0.4) is 0 Å². The van der Waals surface area contributed by atoms with Gasteiger partial charge >= 0.3 is 0 Å². The van der Waals surface area contributed by atoms with E-state index in [-0.39, 0.29) is 6.04 Å². The lowest BCUT2D eigenvalue weighted by Crippen LogP contribution is -2.29. The summed E-state index contributed by atoms with van der Waals surface area (Å²) in [7, 11) is 0. The Morgan fingerprint density at radius 3 is 2.67 bits per heavy atom. The van der Waals surface area contributed by atoms with Gasteiger partial charge in [-0.15, -0.1) is 0 Å². The zero-order valence-corrected chi connectivity index (χ0v) is 5.17. The summed E-state index contributed by atoms with van der Waals surface area (Å²) >= 11 is 0. The molecule has 48 valence electrons. The van der Waals surface area contributed by atoms with Crippen LogP contribution in [0.15, 0.2) is 36.1 Å². The quantitative estimate of drug-likeness (QED) is 0.485. The summed E-state index contributed by atoms with van der Waals surface area (Å²) in [5, 5.41) is 0. The van der Waals surface area contributed by atoms with Crippen molar-refractivity contribution in [1.29, 1.82) is 0 Å². The number of allylic oxidation sites excluding steroid dienone is 2. The smallest absolute Gasteiger partial charge is 0.0692 e. The Kier molecular flexibility index (Phi) is 1.40. The van der Waals surface area contributed by atoms with Crippen molar-refractivity contribution in [2.75, 3.05) is 0 Å². The van der Waals surface area contributed by atoms with E-state index < -0.39 is 0 Å². The fourth-order valence-corrected chi connectivity index (χ4v) is 0.704. The van der Waals surface area contributed by atoms with Crippen molar-refractivity contribution in [3.63, 3.8) is 0 Å². The van der Waals surface area contributed by atoms with Crippen LogP contribution in [0.1, 0.15) is 0 Å². The molecule has 0 bridgehead atoms. The molecule has 2 nitrogen and oxygen atoms in total. The van der Waals surface area contributed by atoms with Gasteiger partial charge in [-0.3, -0.25) is 0 Å². The average molecular weight is 122 g/mol. The fourth-order valence-electron chi connectivity index (χ4n) is 0.704. The molecule has 1 aliphatic carbocycles. The molecule has 0 aromatic heterocycles. The van der Waals surface area contributed by atoms with Gasteiger partial charge in [-0.25, -0.2) is 0 Å². The van der Waals surface area contributed by atoms with Crippen LogP contribution in [0.5, 0.6) is 0 Å². The van der Waals surface area contributed by atoms with Crippen LogP contribution in [0.4, 0.5) is 0 Å². The molecular weight excluding hydrogens is 112 g/mol. The molecule has 0 aliphatic heterocycles. The Morgan fingerprint density at radius 2 is 2.22 bits per heavy atom. The number of hydrogen-bond acceptors (Lipinski definition) is 2. The van der Waals surface area contributed by atoms with Crippen molar-refractivity contribution in [3.05, 3.63) is 36.1 Å². The van der Waals surface area contributed by atoms with E-state index in [4.69, 9.17) is 11.5 Å². The molecule has 0 spiro atoms. The molecule has 1 rings (SSSR count). The SMILES string of the molecule is C=C1C=CC=C(N)C1N. The van der Waals surface area contributed by atoms with E-state index in [1.807, 2.05) is 12.2 Å². The number of nitrogens with two attached hydrogens (primary N) is 2. The van der Waals surface area contributed by atoms with Crippen LogP contribution < -0.4 is 11.5 Å². The molecule has 0 aromatic carbocycles. The van der Waals surface area contributed by atoms with Crippen LogP contribution in [0.2, 0.25) is 0 Å². The van der Waals surface area contributed by atoms with Gasteiger partial charge in [0.2, 0.25) is 0 Å². The Labute approximate surface area is 54.5 Å². The minimum Gasteiger partial charge on any atom is -0.400 e. The van der Waals surface area contributed by atoms with E-state index in [2.05, 4.69) is 6.58 Å². The van der Waals surface area contributed by atoms with Crippen molar-refractivity contribution in [2.45, 2.75) is 6.04 Å². The van der Waals surface area contributed by atoms with E-state index in [1.165, 1.54) is 0 Å². The maximum Gasteiger partial charge on any atom is 0.0692 e. The van der Waals surface area contributed by atoms with Crippen LogP contribution in [0, 0.1) is 0 Å². The fraction of sp³-hybridized carbons (Fsp3) is 0.143. The van der Waals surface area contributed by atoms with Gasteiger partial charge in [-0.2, -0.15) is 0 Å². The third-order valence-electron chi connectivity index (χ3n) is 1.36. The molecular formula is C7H10N2. The molecule has 1 unspecified atom stereocenters. The molecule has 2 heteroatoms. The molecule has 0 fully saturated rings. The molecule has 0 saturated heterocycles. The standard InChI is InChI=1S/C7H10N2/c1-5-3-2-4-6(8)7(5)9/h2-4,7H,1,8-9H2. The van der Waals surface area contributed by atoms with Gasteiger partial charge in [0, 0.05) is 5.70 Å². The lowest BCUT2D eigenvalue weighted by molar-refractivity contribution is 0.889. The van der Waals surface area contributed by atoms with E-state index in [1.54, 1.807) is 6.08 Å². The second kappa shape index (κ2) is 2.07. The van der Waals surface area contributed by atoms with E-state index >= 15 is 0 Å². The second-order valence-electron chi connectivity index (χ2n) is 2.08. The zero-order valence-electron chi connectivity index (χ0n) is 5.17. The molecule has 0 aromatic rings. The monoisotopic (exact) mass is 122 g/mol. The van der Waals surface area contributed by atoms with E-state index in [9.17, 15) is 0 Å². The summed E-state index contributed by atoms with van der Waals surface area (Å²) in [5.74, 6) is 0. The maximum atomic E-state index is 5.58. The first kappa shape index (κ1) is 6.11. The highest BCUT2D eigenvalue weighted by molar-refractivity contribution is 5.37. The number of hydrogen-bond donors (Lipinski definition) is 2. The highest BCUT2D eigenvalue weighted by atomic mass is 14.7. The van der Waals surface area contributed by atoms with Crippen molar-refractivity contribution in [1.82, 2.24) is 0 Å². The highest BCUT2D eigenvalue weighted by Gasteiger charge is 2.08. The van der Waals surface area contributed by atoms with Crippen molar-refractivity contribution in [2.24, 2.45) is 11.5 Å². The molecule has 1 aliphatic rings. The molecule has 9 heavy (non-hydrogen) atoms. The van der Waals surface area contributed by atoms with Crippen molar-refractivity contribution in [3.8, 4) is 0 Å².